The zero-order valence-corrected chi connectivity index (χ0v) is 9.78. The molecule has 1 aromatic rings. The largest absolute Gasteiger partial charge is 0.483 e. The quantitative estimate of drug-likeness (QED) is 0.675. The molecular weight excluding hydrogens is 210 g/mol. The average Bonchev–Trinajstić information content (AvgIpc) is 2.39. The normalized spacial score (nSPS) is 20.4. The summed E-state index contributed by atoms with van der Waals surface area (Å²) >= 11 is 0. The Labute approximate surface area is 102 Å². The van der Waals surface area contributed by atoms with Crippen LogP contribution in [0.2, 0.25) is 0 Å². The summed E-state index contributed by atoms with van der Waals surface area (Å²) in [7, 11) is 0. The maximum absolute atomic E-state index is 8.87. The minimum Gasteiger partial charge on any atom is -0.483 e. The van der Waals surface area contributed by atoms with E-state index in [0.717, 1.165) is 24.2 Å². The lowest BCUT2D eigenvalue weighted by atomic mass is 9.82. The molecule has 1 heterocycles. The van der Waals surface area contributed by atoms with E-state index in [2.05, 4.69) is 18.2 Å². The van der Waals surface area contributed by atoms with Gasteiger partial charge < -0.3 is 4.74 Å². The number of hydrogen-bond acceptors (Lipinski definition) is 2. The molecule has 1 aliphatic carbocycles. The van der Waals surface area contributed by atoms with Gasteiger partial charge in [0.15, 0.2) is 0 Å². The highest BCUT2D eigenvalue weighted by Gasteiger charge is 2.34. The SMILES string of the molecule is N#Cc1ccc2c(c1)C=CC1(CCCCC1)O2. The summed E-state index contributed by atoms with van der Waals surface area (Å²) in [5.41, 5.74) is 1.65. The Morgan fingerprint density at radius 3 is 2.76 bits per heavy atom. The molecule has 1 spiro atoms. The second-order valence-corrected chi connectivity index (χ2v) is 4.93. The van der Waals surface area contributed by atoms with Crippen molar-refractivity contribution in [2.24, 2.45) is 0 Å². The third-order valence-electron chi connectivity index (χ3n) is 3.72. The van der Waals surface area contributed by atoms with Gasteiger partial charge in [-0.3, -0.25) is 0 Å². The van der Waals surface area contributed by atoms with Crippen molar-refractivity contribution in [3.05, 3.63) is 35.4 Å². The lowest BCUT2D eigenvalue weighted by Gasteiger charge is -2.37. The second kappa shape index (κ2) is 3.92. The molecule has 0 aromatic heterocycles. The van der Waals surface area contributed by atoms with Crippen molar-refractivity contribution in [3.8, 4) is 11.8 Å². The second-order valence-electron chi connectivity index (χ2n) is 4.93. The van der Waals surface area contributed by atoms with E-state index in [4.69, 9.17) is 10.00 Å². The van der Waals surface area contributed by atoms with E-state index in [1.54, 1.807) is 0 Å². The van der Waals surface area contributed by atoms with Gasteiger partial charge in [0.2, 0.25) is 0 Å². The van der Waals surface area contributed by atoms with Gasteiger partial charge in [0.05, 0.1) is 11.6 Å². The molecule has 0 radical (unpaired) electrons. The van der Waals surface area contributed by atoms with Crippen LogP contribution in [0.15, 0.2) is 24.3 Å². The first-order chi connectivity index (χ1) is 8.31. The average molecular weight is 225 g/mol. The van der Waals surface area contributed by atoms with E-state index in [9.17, 15) is 0 Å². The maximum atomic E-state index is 8.87. The van der Waals surface area contributed by atoms with Crippen LogP contribution in [-0.2, 0) is 0 Å². The van der Waals surface area contributed by atoms with Crippen LogP contribution in [0.25, 0.3) is 6.08 Å². The van der Waals surface area contributed by atoms with Crippen molar-refractivity contribution in [2.75, 3.05) is 0 Å². The molecular formula is C15H15NO. The molecule has 86 valence electrons. The number of nitrogens with zero attached hydrogens (tertiary/aromatic N) is 1. The lowest BCUT2D eigenvalue weighted by molar-refractivity contribution is 0.0753. The highest BCUT2D eigenvalue weighted by Crippen LogP contribution is 2.39. The Morgan fingerprint density at radius 1 is 1.18 bits per heavy atom. The fraction of sp³-hybridized carbons (Fsp3) is 0.400. The van der Waals surface area contributed by atoms with E-state index < -0.39 is 0 Å². The van der Waals surface area contributed by atoms with Crippen molar-refractivity contribution in [1.29, 1.82) is 5.26 Å². The molecule has 1 fully saturated rings. The van der Waals surface area contributed by atoms with Crippen LogP contribution in [0, 0.1) is 11.3 Å². The first kappa shape index (κ1) is 10.4. The van der Waals surface area contributed by atoms with E-state index in [0.29, 0.717) is 5.56 Å². The summed E-state index contributed by atoms with van der Waals surface area (Å²) in [6, 6.07) is 7.80. The Kier molecular flexibility index (Phi) is 2.40. The van der Waals surface area contributed by atoms with Crippen molar-refractivity contribution >= 4 is 6.08 Å². The molecule has 3 rings (SSSR count). The van der Waals surface area contributed by atoms with Crippen LogP contribution in [0.5, 0.6) is 5.75 Å². The third-order valence-corrected chi connectivity index (χ3v) is 3.72. The van der Waals surface area contributed by atoms with Crippen molar-refractivity contribution < 1.29 is 4.74 Å². The molecule has 1 saturated carbocycles. The fourth-order valence-corrected chi connectivity index (χ4v) is 2.75. The summed E-state index contributed by atoms with van der Waals surface area (Å²) in [5.74, 6) is 0.924. The number of hydrogen-bond donors (Lipinski definition) is 0. The number of ether oxygens (including phenoxy) is 1. The molecule has 0 unspecified atom stereocenters. The summed E-state index contributed by atoms with van der Waals surface area (Å²) < 4.78 is 6.16. The van der Waals surface area contributed by atoms with Gasteiger partial charge in [-0.15, -0.1) is 0 Å². The van der Waals surface area contributed by atoms with Gasteiger partial charge >= 0.3 is 0 Å². The molecule has 0 N–H and O–H groups in total. The molecule has 0 amide bonds. The predicted molar refractivity (Wildman–Crippen MR) is 66.6 cm³/mol. The van der Waals surface area contributed by atoms with Gasteiger partial charge in [-0.2, -0.15) is 5.26 Å². The van der Waals surface area contributed by atoms with Crippen LogP contribution in [0.4, 0.5) is 0 Å². The van der Waals surface area contributed by atoms with Crippen LogP contribution >= 0.6 is 0 Å². The Morgan fingerprint density at radius 2 is 2.00 bits per heavy atom. The van der Waals surface area contributed by atoms with Gasteiger partial charge in [0, 0.05) is 5.56 Å². The minimum atomic E-state index is -0.0700. The van der Waals surface area contributed by atoms with Crippen LogP contribution < -0.4 is 4.74 Å². The van der Waals surface area contributed by atoms with Crippen LogP contribution in [0.3, 0.4) is 0 Å². The molecule has 0 bridgehead atoms. The highest BCUT2D eigenvalue weighted by atomic mass is 16.5. The maximum Gasteiger partial charge on any atom is 0.127 e. The molecule has 2 nitrogen and oxygen atoms in total. The number of benzene rings is 1. The fourth-order valence-electron chi connectivity index (χ4n) is 2.75. The molecule has 2 aliphatic rings. The predicted octanol–water partition coefficient (Wildman–Crippen LogP) is 3.67. The zero-order chi connectivity index (χ0) is 11.7. The molecule has 17 heavy (non-hydrogen) atoms. The van der Waals surface area contributed by atoms with Crippen LogP contribution in [0.1, 0.15) is 43.2 Å². The number of nitriles is 1. The van der Waals surface area contributed by atoms with E-state index in [1.807, 2.05) is 18.2 Å². The summed E-state index contributed by atoms with van der Waals surface area (Å²) in [5, 5.41) is 8.87. The van der Waals surface area contributed by atoms with Gasteiger partial charge in [-0.25, -0.2) is 0 Å². The molecule has 2 heteroatoms. The van der Waals surface area contributed by atoms with Gasteiger partial charge in [-0.05, 0) is 50.0 Å². The van der Waals surface area contributed by atoms with Gasteiger partial charge in [0.1, 0.15) is 11.4 Å². The summed E-state index contributed by atoms with van der Waals surface area (Å²) in [6.07, 6.45) is 10.3. The van der Waals surface area contributed by atoms with E-state index in [-0.39, 0.29) is 5.60 Å². The molecule has 1 aromatic carbocycles. The molecule has 0 atom stereocenters. The number of rotatable bonds is 0. The lowest BCUT2D eigenvalue weighted by Crippen LogP contribution is -2.37. The van der Waals surface area contributed by atoms with Gasteiger partial charge in [-0.1, -0.05) is 12.5 Å². The smallest absolute Gasteiger partial charge is 0.127 e. The Balaban J connectivity index is 1.94. The van der Waals surface area contributed by atoms with Crippen molar-refractivity contribution in [3.63, 3.8) is 0 Å². The zero-order valence-electron chi connectivity index (χ0n) is 9.78. The monoisotopic (exact) mass is 225 g/mol. The first-order valence-electron chi connectivity index (χ1n) is 6.24. The van der Waals surface area contributed by atoms with Crippen molar-refractivity contribution in [1.82, 2.24) is 0 Å². The minimum absolute atomic E-state index is 0.0700. The Bertz CT molecular complexity index is 504. The van der Waals surface area contributed by atoms with E-state index in [1.165, 1.54) is 19.3 Å². The standard InChI is InChI=1S/C15H15NO/c16-11-12-4-5-14-13(10-12)6-9-15(17-14)7-2-1-3-8-15/h4-6,9-10H,1-3,7-8H2. The Hall–Kier alpha value is -1.75. The highest BCUT2D eigenvalue weighted by molar-refractivity contribution is 5.63. The summed E-state index contributed by atoms with van der Waals surface area (Å²) in [6.45, 7) is 0. The first-order valence-corrected chi connectivity index (χ1v) is 6.24. The third kappa shape index (κ3) is 1.82. The topological polar surface area (TPSA) is 33.0 Å². The summed E-state index contributed by atoms with van der Waals surface area (Å²) in [4.78, 5) is 0. The van der Waals surface area contributed by atoms with Gasteiger partial charge in [0.25, 0.3) is 0 Å². The number of fused-ring (bicyclic) bond motifs is 1. The van der Waals surface area contributed by atoms with Crippen LogP contribution in [-0.4, -0.2) is 5.60 Å². The molecule has 1 aliphatic heterocycles. The van der Waals surface area contributed by atoms with Crippen molar-refractivity contribution in [2.45, 2.75) is 37.7 Å². The molecule has 0 saturated heterocycles. The van der Waals surface area contributed by atoms with E-state index >= 15 is 0 Å².